The van der Waals surface area contributed by atoms with Crippen molar-refractivity contribution in [2.75, 3.05) is 0 Å². The molecule has 4 heteroatoms. The number of aryl methyl sites for hydroxylation is 1. The molecule has 1 aromatic carbocycles. The number of benzene rings is 1. The van der Waals surface area contributed by atoms with Gasteiger partial charge >= 0.3 is 5.97 Å². The van der Waals surface area contributed by atoms with E-state index in [2.05, 4.69) is 0 Å². The van der Waals surface area contributed by atoms with Crippen LogP contribution in [0.15, 0.2) is 6.07 Å². The van der Waals surface area contributed by atoms with E-state index in [1.54, 1.807) is 0 Å². The van der Waals surface area contributed by atoms with Gasteiger partial charge in [-0.1, -0.05) is 17.7 Å². The van der Waals surface area contributed by atoms with Gasteiger partial charge in [-0.05, 0) is 43.2 Å². The molecule has 1 aromatic rings. The minimum atomic E-state index is -0.816. The average molecular weight is 267 g/mol. The van der Waals surface area contributed by atoms with Gasteiger partial charge in [0.15, 0.2) is 0 Å². The minimum absolute atomic E-state index is 0.0790. The number of carboxylic acid groups (broad SMARTS) is 1. The Balaban J connectivity index is 2.08. The van der Waals surface area contributed by atoms with Crippen LogP contribution >= 0.6 is 11.6 Å². The largest absolute Gasteiger partial charge is 0.506 e. The number of carboxylic acids is 1. The highest BCUT2D eigenvalue weighted by molar-refractivity contribution is 6.33. The highest BCUT2D eigenvalue weighted by Gasteiger charge is 2.48. The summed E-state index contributed by atoms with van der Waals surface area (Å²) in [5.41, 5.74) is 2.60. The van der Waals surface area contributed by atoms with Crippen LogP contribution in [0.25, 0.3) is 0 Å². The first-order valence-electron chi connectivity index (χ1n) is 6.29. The number of halogens is 1. The lowest BCUT2D eigenvalue weighted by atomic mass is 9.89. The lowest BCUT2D eigenvalue weighted by Gasteiger charge is -2.18. The number of phenolic OH excluding ortho intramolecular Hbond substituents is 1. The van der Waals surface area contributed by atoms with Gasteiger partial charge in [0, 0.05) is 11.0 Å². The Morgan fingerprint density at radius 2 is 2.11 bits per heavy atom. The quantitative estimate of drug-likeness (QED) is 0.884. The summed E-state index contributed by atoms with van der Waals surface area (Å²) >= 11 is 6.22. The van der Waals surface area contributed by atoms with Crippen LogP contribution in [-0.4, -0.2) is 16.2 Å². The van der Waals surface area contributed by atoms with Gasteiger partial charge in [0.25, 0.3) is 0 Å². The fourth-order valence-electron chi connectivity index (χ4n) is 3.07. The second kappa shape index (κ2) is 3.89. The zero-order valence-electron chi connectivity index (χ0n) is 10.0. The number of aromatic hydroxyl groups is 1. The number of hydrogen-bond acceptors (Lipinski definition) is 2. The van der Waals surface area contributed by atoms with Crippen LogP contribution in [0.2, 0.25) is 5.02 Å². The van der Waals surface area contributed by atoms with E-state index in [0.29, 0.717) is 5.02 Å². The van der Waals surface area contributed by atoms with Crippen molar-refractivity contribution in [3.05, 3.63) is 27.8 Å². The molecule has 2 aliphatic rings. The first-order valence-corrected chi connectivity index (χ1v) is 6.67. The highest BCUT2D eigenvalue weighted by atomic mass is 35.5. The van der Waals surface area contributed by atoms with Gasteiger partial charge in [-0.3, -0.25) is 4.79 Å². The Labute approximate surface area is 110 Å². The number of hydrogen-bond donors (Lipinski definition) is 2. The molecule has 0 saturated heterocycles. The van der Waals surface area contributed by atoms with Crippen LogP contribution in [0.5, 0.6) is 5.75 Å². The summed E-state index contributed by atoms with van der Waals surface area (Å²) < 4.78 is 0. The van der Waals surface area contributed by atoms with Crippen molar-refractivity contribution in [2.45, 2.75) is 43.9 Å². The van der Waals surface area contributed by atoms with Crippen molar-refractivity contribution >= 4 is 17.6 Å². The predicted octanol–water partition coefficient (Wildman–Crippen LogP) is 3.04. The molecule has 2 aliphatic carbocycles. The molecule has 0 amide bonds. The van der Waals surface area contributed by atoms with Crippen LogP contribution in [0, 0.1) is 0 Å². The maximum atomic E-state index is 10.9. The van der Waals surface area contributed by atoms with Crippen molar-refractivity contribution in [1.82, 2.24) is 0 Å². The Bertz CT molecular complexity index is 532. The Morgan fingerprint density at radius 3 is 2.72 bits per heavy atom. The Kier molecular flexibility index (Phi) is 2.56. The molecule has 0 unspecified atom stereocenters. The lowest BCUT2D eigenvalue weighted by Crippen LogP contribution is -2.14. The zero-order valence-corrected chi connectivity index (χ0v) is 10.8. The van der Waals surface area contributed by atoms with Crippen molar-refractivity contribution in [2.24, 2.45) is 0 Å². The molecule has 3 rings (SSSR count). The molecule has 3 nitrogen and oxygen atoms in total. The van der Waals surface area contributed by atoms with Crippen molar-refractivity contribution in [3.63, 3.8) is 0 Å². The van der Waals surface area contributed by atoms with E-state index in [0.717, 1.165) is 43.2 Å². The number of fused-ring (bicyclic) bond motifs is 1. The zero-order chi connectivity index (χ0) is 12.9. The van der Waals surface area contributed by atoms with Gasteiger partial charge in [0.1, 0.15) is 5.75 Å². The van der Waals surface area contributed by atoms with E-state index in [1.807, 2.05) is 6.07 Å². The fraction of sp³-hybridized carbons (Fsp3) is 0.500. The third-order valence-corrected chi connectivity index (χ3v) is 4.63. The maximum Gasteiger partial charge on any atom is 0.304 e. The molecule has 0 radical (unpaired) electrons. The fourth-order valence-corrected chi connectivity index (χ4v) is 3.38. The summed E-state index contributed by atoms with van der Waals surface area (Å²) in [7, 11) is 0. The summed E-state index contributed by atoms with van der Waals surface area (Å²) in [6.45, 7) is 0. The molecule has 2 N–H and O–H groups in total. The van der Waals surface area contributed by atoms with Crippen LogP contribution < -0.4 is 0 Å². The Hall–Kier alpha value is -1.22. The van der Waals surface area contributed by atoms with Gasteiger partial charge in [-0.25, -0.2) is 0 Å². The van der Waals surface area contributed by atoms with E-state index in [9.17, 15) is 9.90 Å². The summed E-state index contributed by atoms with van der Waals surface area (Å²) in [6, 6.07) is 1.99. The van der Waals surface area contributed by atoms with E-state index in [4.69, 9.17) is 16.7 Å². The predicted molar refractivity (Wildman–Crippen MR) is 68.3 cm³/mol. The van der Waals surface area contributed by atoms with E-state index < -0.39 is 5.97 Å². The number of phenols is 1. The van der Waals surface area contributed by atoms with Crippen LogP contribution in [-0.2, 0) is 23.1 Å². The van der Waals surface area contributed by atoms with Gasteiger partial charge in [-0.15, -0.1) is 0 Å². The monoisotopic (exact) mass is 266 g/mol. The van der Waals surface area contributed by atoms with Crippen molar-refractivity contribution in [3.8, 4) is 5.75 Å². The van der Waals surface area contributed by atoms with E-state index in [-0.39, 0.29) is 17.6 Å². The third-order valence-electron chi connectivity index (χ3n) is 4.22. The van der Waals surface area contributed by atoms with Gasteiger partial charge in [-0.2, -0.15) is 0 Å². The van der Waals surface area contributed by atoms with Crippen molar-refractivity contribution < 1.29 is 15.0 Å². The molecule has 0 heterocycles. The number of carbonyl (C=O) groups is 1. The minimum Gasteiger partial charge on any atom is -0.506 e. The molecular formula is C14H15ClO3. The van der Waals surface area contributed by atoms with Crippen LogP contribution in [0.1, 0.15) is 42.4 Å². The summed E-state index contributed by atoms with van der Waals surface area (Å²) in [4.78, 5) is 10.9. The molecular weight excluding hydrogens is 252 g/mol. The highest BCUT2D eigenvalue weighted by Crippen LogP contribution is 2.56. The molecule has 1 fully saturated rings. The molecule has 18 heavy (non-hydrogen) atoms. The van der Waals surface area contributed by atoms with Gasteiger partial charge < -0.3 is 10.2 Å². The standard InChI is InChI=1S/C14H15ClO3/c15-12-9-3-1-2-8(9)6-10(13(12)18)14(4-5-14)7-11(16)17/h6,18H,1-5,7H2,(H,16,17). The first kappa shape index (κ1) is 11.8. The Morgan fingerprint density at radius 1 is 1.39 bits per heavy atom. The summed E-state index contributed by atoms with van der Waals surface area (Å²) in [5.74, 6) is -0.709. The number of aliphatic carboxylic acids is 1. The van der Waals surface area contributed by atoms with Gasteiger partial charge in [0.05, 0.1) is 11.4 Å². The first-order chi connectivity index (χ1) is 8.53. The third kappa shape index (κ3) is 1.69. The number of rotatable bonds is 3. The average Bonchev–Trinajstić information content (AvgIpc) is 2.91. The van der Waals surface area contributed by atoms with Gasteiger partial charge in [0.2, 0.25) is 0 Å². The second-order valence-corrected chi connectivity index (χ2v) is 5.81. The van der Waals surface area contributed by atoms with Crippen LogP contribution in [0.3, 0.4) is 0 Å². The molecule has 0 aromatic heterocycles. The van der Waals surface area contributed by atoms with E-state index >= 15 is 0 Å². The van der Waals surface area contributed by atoms with Crippen molar-refractivity contribution in [1.29, 1.82) is 0 Å². The molecule has 0 bridgehead atoms. The molecule has 0 aliphatic heterocycles. The molecule has 96 valence electrons. The topological polar surface area (TPSA) is 57.5 Å². The normalized spacial score (nSPS) is 19.6. The molecule has 0 spiro atoms. The smallest absolute Gasteiger partial charge is 0.304 e. The second-order valence-electron chi connectivity index (χ2n) is 5.43. The molecule has 1 saturated carbocycles. The maximum absolute atomic E-state index is 10.9. The SMILES string of the molecule is O=C(O)CC1(c2cc3c(c(Cl)c2O)CCC3)CC1. The summed E-state index contributed by atoms with van der Waals surface area (Å²) in [6.07, 6.45) is 4.67. The lowest BCUT2D eigenvalue weighted by molar-refractivity contribution is -0.137. The summed E-state index contributed by atoms with van der Waals surface area (Å²) in [5, 5.41) is 19.7. The van der Waals surface area contributed by atoms with Crippen LogP contribution in [0.4, 0.5) is 0 Å². The molecule has 0 atom stereocenters. The van der Waals surface area contributed by atoms with E-state index in [1.165, 1.54) is 5.56 Å².